The molecule has 40 heavy (non-hydrogen) atoms. The molecule has 2 aliphatic rings. The maximum absolute atomic E-state index is 14.1. The molecule has 2 aliphatic heterocycles. The Morgan fingerprint density at radius 2 is 1.50 bits per heavy atom. The van der Waals surface area contributed by atoms with Crippen molar-refractivity contribution in [2.24, 2.45) is 0 Å². The average Bonchev–Trinajstić information content (AvgIpc) is 3.12. The Morgan fingerprint density at radius 1 is 0.925 bits per heavy atom. The number of aryl methyl sites for hydroxylation is 2. The third kappa shape index (κ3) is 6.06. The van der Waals surface area contributed by atoms with Gasteiger partial charge in [0.25, 0.3) is 0 Å². The van der Waals surface area contributed by atoms with Gasteiger partial charge in [-0.05, 0) is 86.6 Å². The van der Waals surface area contributed by atoms with E-state index >= 15 is 0 Å². The van der Waals surface area contributed by atoms with Crippen molar-refractivity contribution in [1.29, 1.82) is 0 Å². The quantitative estimate of drug-likeness (QED) is 0.365. The molecule has 0 saturated carbocycles. The highest BCUT2D eigenvalue weighted by molar-refractivity contribution is 5.82. The van der Waals surface area contributed by atoms with E-state index in [1.807, 2.05) is 17.9 Å². The molecule has 0 aliphatic carbocycles. The van der Waals surface area contributed by atoms with E-state index in [1.165, 1.54) is 16.7 Å². The lowest BCUT2D eigenvalue weighted by molar-refractivity contribution is 0.0671. The second-order valence-electron chi connectivity index (χ2n) is 11.3. The van der Waals surface area contributed by atoms with Crippen LogP contribution >= 0.6 is 0 Å². The summed E-state index contributed by atoms with van der Waals surface area (Å²) in [4.78, 5) is 20.6. The first-order valence-corrected chi connectivity index (χ1v) is 14.1. The topological polar surface area (TPSA) is 54.5 Å². The minimum absolute atomic E-state index is 0.0476. The third-order valence-electron chi connectivity index (χ3n) is 8.48. The van der Waals surface area contributed by atoms with Gasteiger partial charge in [0.15, 0.2) is 0 Å². The van der Waals surface area contributed by atoms with Crippen LogP contribution in [0.2, 0.25) is 0 Å². The van der Waals surface area contributed by atoms with Gasteiger partial charge in [0, 0.05) is 45.1 Å². The highest BCUT2D eigenvalue weighted by Crippen LogP contribution is 2.45. The maximum atomic E-state index is 14.1. The van der Waals surface area contributed by atoms with E-state index in [-0.39, 0.29) is 6.03 Å². The summed E-state index contributed by atoms with van der Waals surface area (Å²) >= 11 is 0. The Balaban J connectivity index is 1.63. The van der Waals surface area contributed by atoms with E-state index in [9.17, 15) is 4.79 Å². The lowest BCUT2D eigenvalue weighted by Gasteiger charge is -2.44. The number of likely N-dealkylation sites (tertiary alicyclic amines) is 1. The number of allylic oxidation sites excluding steroid dienone is 2. The zero-order valence-electron chi connectivity index (χ0n) is 25.3. The molecule has 0 radical (unpaired) electrons. The fraction of sp³-hybridized carbons (Fsp3) is 0.485. The lowest BCUT2D eigenvalue weighted by Crippen LogP contribution is -2.54. The van der Waals surface area contributed by atoms with E-state index in [2.05, 4.69) is 67.5 Å². The number of carbonyl (C=O) groups excluding carboxylic acids is 1. The summed E-state index contributed by atoms with van der Waals surface area (Å²) in [5.74, 6) is 1.58. The number of piperidine rings is 1. The predicted molar refractivity (Wildman–Crippen MR) is 160 cm³/mol. The number of rotatable bonds is 10. The van der Waals surface area contributed by atoms with E-state index in [0.717, 1.165) is 66.4 Å². The second kappa shape index (κ2) is 12.5. The zero-order chi connectivity index (χ0) is 29.0. The Labute approximate surface area is 240 Å². The van der Waals surface area contributed by atoms with Crippen LogP contribution in [0, 0.1) is 20.8 Å². The molecule has 2 aromatic carbocycles. The predicted octanol–water partition coefficient (Wildman–Crippen LogP) is 6.01. The number of hydrogen-bond donors (Lipinski definition) is 0. The first-order chi connectivity index (χ1) is 19.1. The Kier molecular flexibility index (Phi) is 9.26. The number of urea groups is 1. The number of ether oxygens (including phenoxy) is 3. The van der Waals surface area contributed by atoms with Crippen LogP contribution in [0.3, 0.4) is 0 Å². The third-order valence-corrected chi connectivity index (χ3v) is 8.48. The van der Waals surface area contributed by atoms with Gasteiger partial charge in [-0.25, -0.2) is 4.79 Å². The SMILES string of the molecule is C=C(C)C=C1N(Cc2cc(C)c(C)c(C)c2)C(=O)N(CCOC)C12CCN(Cc1cc(OC)cc(OC)c1)CC2. The van der Waals surface area contributed by atoms with Crippen molar-refractivity contribution in [3.05, 3.63) is 82.1 Å². The zero-order valence-corrected chi connectivity index (χ0v) is 25.3. The van der Waals surface area contributed by atoms with Gasteiger partial charge in [-0.2, -0.15) is 0 Å². The summed E-state index contributed by atoms with van der Waals surface area (Å²) in [5, 5.41) is 0. The Bertz CT molecular complexity index is 1230. The van der Waals surface area contributed by atoms with E-state index < -0.39 is 5.54 Å². The summed E-state index contributed by atoms with van der Waals surface area (Å²) < 4.78 is 16.4. The number of hydrogen-bond acceptors (Lipinski definition) is 5. The molecule has 7 heteroatoms. The van der Waals surface area contributed by atoms with Crippen LogP contribution in [0.25, 0.3) is 0 Å². The summed E-state index contributed by atoms with van der Waals surface area (Å²) in [6, 6.07) is 10.5. The van der Waals surface area contributed by atoms with Gasteiger partial charge in [0.1, 0.15) is 11.5 Å². The van der Waals surface area contributed by atoms with Crippen molar-refractivity contribution in [2.75, 3.05) is 47.6 Å². The van der Waals surface area contributed by atoms with Gasteiger partial charge >= 0.3 is 6.03 Å². The summed E-state index contributed by atoms with van der Waals surface area (Å²) in [5.41, 5.74) is 7.70. The van der Waals surface area contributed by atoms with Gasteiger partial charge < -0.3 is 19.1 Å². The fourth-order valence-electron chi connectivity index (χ4n) is 6.13. The lowest BCUT2D eigenvalue weighted by atomic mass is 9.82. The molecule has 2 fully saturated rings. The van der Waals surface area contributed by atoms with Crippen LogP contribution < -0.4 is 9.47 Å². The van der Waals surface area contributed by atoms with Crippen molar-refractivity contribution in [3.63, 3.8) is 0 Å². The summed E-state index contributed by atoms with van der Waals surface area (Å²) in [6.07, 6.45) is 3.80. The number of amides is 2. The first kappa shape index (κ1) is 29.7. The first-order valence-electron chi connectivity index (χ1n) is 14.1. The van der Waals surface area contributed by atoms with Crippen LogP contribution in [-0.2, 0) is 17.8 Å². The molecular formula is C33H45N3O4. The van der Waals surface area contributed by atoms with Crippen molar-refractivity contribution >= 4 is 6.03 Å². The number of carbonyl (C=O) groups is 1. The average molecular weight is 548 g/mol. The fourth-order valence-corrected chi connectivity index (χ4v) is 6.13. The maximum Gasteiger partial charge on any atom is 0.325 e. The second-order valence-corrected chi connectivity index (χ2v) is 11.3. The van der Waals surface area contributed by atoms with Gasteiger partial charge in [0.2, 0.25) is 0 Å². The molecule has 2 amide bonds. The van der Waals surface area contributed by atoms with Crippen LogP contribution in [-0.4, -0.2) is 73.8 Å². The van der Waals surface area contributed by atoms with E-state index in [1.54, 1.807) is 21.3 Å². The van der Waals surface area contributed by atoms with Gasteiger partial charge in [0.05, 0.1) is 32.9 Å². The molecule has 2 aromatic rings. The minimum atomic E-state index is -0.397. The molecule has 1 spiro atoms. The molecular weight excluding hydrogens is 502 g/mol. The molecule has 0 N–H and O–H groups in total. The normalized spacial score (nSPS) is 18.2. The largest absolute Gasteiger partial charge is 0.497 e. The molecule has 4 rings (SSSR count). The Hall–Kier alpha value is -3.29. The summed E-state index contributed by atoms with van der Waals surface area (Å²) in [7, 11) is 5.04. The van der Waals surface area contributed by atoms with Crippen molar-refractivity contribution in [2.45, 2.75) is 59.2 Å². The molecule has 0 unspecified atom stereocenters. The Morgan fingerprint density at radius 3 is 2.02 bits per heavy atom. The monoisotopic (exact) mass is 547 g/mol. The highest BCUT2D eigenvalue weighted by Gasteiger charge is 2.54. The van der Waals surface area contributed by atoms with Gasteiger partial charge in [-0.3, -0.25) is 9.80 Å². The van der Waals surface area contributed by atoms with Crippen molar-refractivity contribution in [1.82, 2.24) is 14.7 Å². The van der Waals surface area contributed by atoms with Crippen molar-refractivity contribution in [3.8, 4) is 11.5 Å². The molecule has 7 nitrogen and oxygen atoms in total. The smallest absolute Gasteiger partial charge is 0.325 e. The molecule has 0 bridgehead atoms. The molecule has 2 heterocycles. The van der Waals surface area contributed by atoms with Crippen LogP contribution in [0.15, 0.2) is 54.3 Å². The van der Waals surface area contributed by atoms with Gasteiger partial charge in [-0.1, -0.05) is 24.3 Å². The molecule has 0 atom stereocenters. The number of benzene rings is 2. The minimum Gasteiger partial charge on any atom is -0.497 e. The highest BCUT2D eigenvalue weighted by atomic mass is 16.5. The molecule has 216 valence electrons. The van der Waals surface area contributed by atoms with Gasteiger partial charge in [-0.15, -0.1) is 0 Å². The molecule has 0 aromatic heterocycles. The number of nitrogens with zero attached hydrogens (tertiary/aromatic N) is 3. The van der Waals surface area contributed by atoms with Crippen LogP contribution in [0.1, 0.15) is 47.6 Å². The standard InChI is InChI=1S/C33H45N3O4/c1-23(2)15-31-33(9-11-34(12-10-33)21-28-18-29(39-7)20-30(19-28)40-8)36(13-14-38-6)32(37)35(31)22-27-16-24(3)26(5)25(4)17-27/h15-20H,1,9-14,21-22H2,2-8H3. The van der Waals surface area contributed by atoms with Crippen LogP contribution in [0.4, 0.5) is 4.79 Å². The van der Waals surface area contributed by atoms with E-state index in [4.69, 9.17) is 14.2 Å². The molecule has 2 saturated heterocycles. The van der Waals surface area contributed by atoms with Crippen molar-refractivity contribution < 1.29 is 19.0 Å². The van der Waals surface area contributed by atoms with Crippen LogP contribution in [0.5, 0.6) is 11.5 Å². The van der Waals surface area contributed by atoms with E-state index in [0.29, 0.717) is 19.7 Å². The number of methoxy groups -OCH3 is 3. The summed E-state index contributed by atoms with van der Waals surface area (Å²) in [6.45, 7) is 16.7.